The van der Waals surface area contributed by atoms with Crippen molar-refractivity contribution in [1.29, 1.82) is 0 Å². The third-order valence-electron chi connectivity index (χ3n) is 8.99. The second-order valence-electron chi connectivity index (χ2n) is 14.9. The fourth-order valence-corrected chi connectivity index (χ4v) is 5.79. The average molecular weight is 733 g/mol. The van der Waals surface area contributed by atoms with Crippen molar-refractivity contribution in [3.8, 4) is 0 Å². The maximum atomic E-state index is 12.6. The van der Waals surface area contributed by atoms with Gasteiger partial charge >= 0.3 is 17.9 Å². The third kappa shape index (κ3) is 33.1. The normalized spacial score (nSPS) is 13.5. The zero-order valence-electron chi connectivity index (χ0n) is 34.0. The number of carbonyl (C=O) groups is 3. The molecule has 0 bridgehead atoms. The molecule has 0 rings (SSSR count). The molecule has 0 aromatic rings. The van der Waals surface area contributed by atoms with Crippen molar-refractivity contribution in [2.45, 2.75) is 174 Å². The molecule has 0 aromatic carbocycles. The lowest BCUT2D eigenvalue weighted by Gasteiger charge is -2.31. The van der Waals surface area contributed by atoms with Crippen LogP contribution in [0.2, 0.25) is 0 Å². The van der Waals surface area contributed by atoms with Crippen LogP contribution < -0.4 is 0 Å². The molecule has 0 fully saturated rings. The molecule has 1 N–H and O–H groups in total. The Balaban J connectivity index is 4.32. The van der Waals surface area contributed by atoms with Gasteiger partial charge in [0.1, 0.15) is 6.61 Å². The molecule has 0 aliphatic carbocycles. The van der Waals surface area contributed by atoms with Gasteiger partial charge in [-0.25, -0.2) is 4.79 Å². The molecule has 0 aliphatic heterocycles. The lowest BCUT2D eigenvalue weighted by Crippen LogP contribution is -2.50. The number of nitrogens with zero attached hydrogens (tertiary/aromatic N) is 1. The van der Waals surface area contributed by atoms with Crippen LogP contribution in [0.25, 0.3) is 0 Å². The Morgan fingerprint density at radius 1 is 0.596 bits per heavy atom. The predicted octanol–water partition coefficient (Wildman–Crippen LogP) is 10.9. The van der Waals surface area contributed by atoms with Crippen LogP contribution in [-0.2, 0) is 28.6 Å². The molecule has 8 nitrogen and oxygen atoms in total. The number of carboxylic acids is 1. The minimum Gasteiger partial charge on any atom is -0.477 e. The lowest BCUT2D eigenvalue weighted by atomic mass is 10.1. The predicted molar refractivity (Wildman–Crippen MR) is 215 cm³/mol. The topological polar surface area (TPSA) is 99.1 Å². The number of quaternary nitrogens is 1. The first kappa shape index (κ1) is 49.3. The highest BCUT2D eigenvalue weighted by Gasteiger charge is 2.31. The standard InChI is InChI=1S/C44H77NO7/c1-6-8-10-12-14-16-17-18-19-20-21-22-23-24-25-27-28-30-32-34-42(46)51-39-40(38-50-37-36-41(44(48)49)45(3,4)5)52-43(47)35-33-31-29-26-15-13-11-9-7-2/h8,10,14,16,18-19,21-22,40-41H,6-7,9,11-13,15,17,20,23-39H2,1-5H3/p+1/b10-8+,16-14+,19-18+,22-21+. The molecule has 52 heavy (non-hydrogen) atoms. The third-order valence-corrected chi connectivity index (χ3v) is 8.99. The van der Waals surface area contributed by atoms with E-state index in [-0.39, 0.29) is 36.2 Å². The van der Waals surface area contributed by atoms with Gasteiger partial charge in [0, 0.05) is 19.3 Å². The number of likely N-dealkylation sites (N-methyl/N-ethyl adjacent to an activating group) is 1. The van der Waals surface area contributed by atoms with E-state index < -0.39 is 18.1 Å². The van der Waals surface area contributed by atoms with Crippen LogP contribution in [0.15, 0.2) is 48.6 Å². The second-order valence-corrected chi connectivity index (χ2v) is 14.9. The van der Waals surface area contributed by atoms with Gasteiger partial charge in [-0.3, -0.25) is 9.59 Å². The largest absolute Gasteiger partial charge is 0.477 e. The number of carbonyl (C=O) groups excluding carboxylic acids is 2. The van der Waals surface area contributed by atoms with Crippen LogP contribution in [0, 0.1) is 0 Å². The molecule has 0 saturated heterocycles. The molecule has 0 aliphatic rings. The summed E-state index contributed by atoms with van der Waals surface area (Å²) in [7, 11) is 5.51. The van der Waals surface area contributed by atoms with E-state index in [9.17, 15) is 19.5 Å². The fourth-order valence-electron chi connectivity index (χ4n) is 5.79. The smallest absolute Gasteiger partial charge is 0.362 e. The van der Waals surface area contributed by atoms with Crippen molar-refractivity contribution in [3.63, 3.8) is 0 Å². The molecular formula is C44H78NO7+. The van der Waals surface area contributed by atoms with Crippen molar-refractivity contribution in [1.82, 2.24) is 0 Å². The Hall–Kier alpha value is -2.71. The highest BCUT2D eigenvalue weighted by atomic mass is 16.6. The fraction of sp³-hybridized carbons (Fsp3) is 0.750. The number of ether oxygens (including phenoxy) is 3. The number of aliphatic carboxylic acids is 1. The van der Waals surface area contributed by atoms with E-state index in [0.29, 0.717) is 19.3 Å². The van der Waals surface area contributed by atoms with Crippen molar-refractivity contribution in [3.05, 3.63) is 48.6 Å². The highest BCUT2D eigenvalue weighted by molar-refractivity contribution is 5.72. The Kier molecular flexibility index (Phi) is 33.5. The first-order valence-electron chi connectivity index (χ1n) is 20.7. The van der Waals surface area contributed by atoms with E-state index in [2.05, 4.69) is 62.5 Å². The number of allylic oxidation sites excluding steroid dienone is 8. The molecule has 0 radical (unpaired) electrons. The van der Waals surface area contributed by atoms with Crippen LogP contribution in [0.4, 0.5) is 0 Å². The zero-order valence-corrected chi connectivity index (χ0v) is 34.0. The summed E-state index contributed by atoms with van der Waals surface area (Å²) >= 11 is 0. The average Bonchev–Trinajstić information content (AvgIpc) is 3.09. The van der Waals surface area contributed by atoms with Gasteiger partial charge in [-0.05, 0) is 51.4 Å². The minimum atomic E-state index is -0.879. The molecular weight excluding hydrogens is 654 g/mol. The summed E-state index contributed by atoms with van der Waals surface area (Å²) < 4.78 is 17.2. The molecule has 0 spiro atoms. The van der Waals surface area contributed by atoms with Crippen LogP contribution >= 0.6 is 0 Å². The summed E-state index contributed by atoms with van der Waals surface area (Å²) in [5.74, 6) is -1.49. The van der Waals surface area contributed by atoms with Crippen LogP contribution in [-0.4, -0.2) is 80.6 Å². The maximum Gasteiger partial charge on any atom is 0.362 e. The van der Waals surface area contributed by atoms with Gasteiger partial charge in [-0.15, -0.1) is 0 Å². The van der Waals surface area contributed by atoms with Gasteiger partial charge in [-0.2, -0.15) is 0 Å². The van der Waals surface area contributed by atoms with Crippen molar-refractivity contribution in [2.24, 2.45) is 0 Å². The monoisotopic (exact) mass is 733 g/mol. The zero-order chi connectivity index (χ0) is 38.5. The van der Waals surface area contributed by atoms with E-state index in [1.54, 1.807) is 0 Å². The number of rotatable bonds is 36. The van der Waals surface area contributed by atoms with Crippen LogP contribution in [0.3, 0.4) is 0 Å². The number of hydrogen-bond acceptors (Lipinski definition) is 6. The Morgan fingerprint density at radius 3 is 1.60 bits per heavy atom. The van der Waals surface area contributed by atoms with Crippen LogP contribution in [0.5, 0.6) is 0 Å². The van der Waals surface area contributed by atoms with E-state index >= 15 is 0 Å². The van der Waals surface area contributed by atoms with E-state index in [1.807, 2.05) is 21.1 Å². The number of carboxylic acid groups (broad SMARTS) is 1. The van der Waals surface area contributed by atoms with E-state index in [4.69, 9.17) is 14.2 Å². The van der Waals surface area contributed by atoms with Gasteiger partial charge in [0.2, 0.25) is 0 Å². The molecule has 0 aromatic heterocycles. The number of hydrogen-bond donors (Lipinski definition) is 1. The van der Waals surface area contributed by atoms with E-state index in [0.717, 1.165) is 77.0 Å². The molecule has 8 heteroatoms. The molecule has 0 saturated carbocycles. The summed E-state index contributed by atoms with van der Waals surface area (Å²) in [5, 5.41) is 9.59. The SMILES string of the molecule is CC/C=C/C/C=C/C/C=C/C/C=C/CCCCCCCCC(=O)OCC(COCCC(C(=O)O)[N+](C)(C)C)OC(=O)CCCCCCCCCCC. The van der Waals surface area contributed by atoms with Gasteiger partial charge < -0.3 is 23.8 Å². The van der Waals surface area contributed by atoms with Crippen LogP contribution in [0.1, 0.15) is 162 Å². The van der Waals surface area contributed by atoms with Gasteiger partial charge in [0.15, 0.2) is 12.1 Å². The van der Waals surface area contributed by atoms with Gasteiger partial charge in [0.25, 0.3) is 0 Å². The summed E-state index contributed by atoms with van der Waals surface area (Å²) in [6.45, 7) is 4.58. The first-order chi connectivity index (χ1) is 25.1. The highest BCUT2D eigenvalue weighted by Crippen LogP contribution is 2.13. The van der Waals surface area contributed by atoms with Gasteiger partial charge in [-0.1, -0.05) is 140 Å². The molecule has 2 atom stereocenters. The van der Waals surface area contributed by atoms with Crippen molar-refractivity contribution in [2.75, 3.05) is 41.0 Å². The molecule has 0 heterocycles. The summed E-state index contributed by atoms with van der Waals surface area (Å²) in [6.07, 6.45) is 40.1. The Bertz CT molecular complexity index is 995. The molecule has 300 valence electrons. The minimum absolute atomic E-state index is 0.0567. The van der Waals surface area contributed by atoms with Crippen molar-refractivity contribution < 1.29 is 38.2 Å². The first-order valence-corrected chi connectivity index (χ1v) is 20.7. The Labute approximate surface area is 318 Å². The number of esters is 2. The van der Waals surface area contributed by atoms with E-state index in [1.165, 1.54) is 51.4 Å². The quantitative estimate of drug-likeness (QED) is 0.0296. The summed E-state index contributed by atoms with van der Waals surface area (Å²) in [6, 6.07) is -0.615. The second kappa shape index (κ2) is 35.3. The molecule has 0 amide bonds. The number of unbranched alkanes of at least 4 members (excludes halogenated alkanes) is 14. The molecule has 2 unspecified atom stereocenters. The van der Waals surface area contributed by atoms with Gasteiger partial charge in [0.05, 0.1) is 34.4 Å². The van der Waals surface area contributed by atoms with Crippen molar-refractivity contribution >= 4 is 17.9 Å². The summed E-state index contributed by atoms with van der Waals surface area (Å²) in [5.41, 5.74) is 0. The Morgan fingerprint density at radius 2 is 1.08 bits per heavy atom. The summed E-state index contributed by atoms with van der Waals surface area (Å²) in [4.78, 5) is 36.8. The maximum absolute atomic E-state index is 12.6. The lowest BCUT2D eigenvalue weighted by molar-refractivity contribution is -0.887.